The first-order chi connectivity index (χ1) is 6.68. The van der Waals surface area contributed by atoms with Gasteiger partial charge < -0.3 is 15.0 Å². The second-order valence-electron chi connectivity index (χ2n) is 4.04. The van der Waals surface area contributed by atoms with Crippen LogP contribution in [0.5, 0.6) is 0 Å². The minimum atomic E-state index is -0.252. The lowest BCUT2D eigenvalue weighted by atomic mass is 10.2. The van der Waals surface area contributed by atoms with E-state index in [4.69, 9.17) is 0 Å². The Morgan fingerprint density at radius 3 is 3.00 bits per heavy atom. The molecule has 2 unspecified atom stereocenters. The minimum Gasteiger partial charge on any atom is -0.392 e. The zero-order valence-corrected chi connectivity index (χ0v) is 8.51. The van der Waals surface area contributed by atoms with E-state index in [1.54, 1.807) is 6.33 Å². The molecule has 1 aliphatic heterocycles. The molecule has 2 rings (SSSR count). The first-order valence-electron chi connectivity index (χ1n) is 4.99. The SMILES string of the molecule is CC(C)n1cnnc1C1CC(O)CN1. The van der Waals surface area contributed by atoms with E-state index in [1.165, 1.54) is 0 Å². The third-order valence-corrected chi connectivity index (χ3v) is 2.58. The van der Waals surface area contributed by atoms with Crippen LogP contribution in [0.1, 0.15) is 38.2 Å². The fraction of sp³-hybridized carbons (Fsp3) is 0.778. The van der Waals surface area contributed by atoms with Crippen molar-refractivity contribution < 1.29 is 5.11 Å². The van der Waals surface area contributed by atoms with E-state index in [9.17, 15) is 5.11 Å². The summed E-state index contributed by atoms with van der Waals surface area (Å²) in [5, 5.41) is 20.6. The van der Waals surface area contributed by atoms with Crippen molar-refractivity contribution in [1.29, 1.82) is 0 Å². The van der Waals surface area contributed by atoms with Gasteiger partial charge in [-0.3, -0.25) is 0 Å². The molecule has 14 heavy (non-hydrogen) atoms. The highest BCUT2D eigenvalue weighted by Crippen LogP contribution is 2.23. The summed E-state index contributed by atoms with van der Waals surface area (Å²) in [7, 11) is 0. The van der Waals surface area contributed by atoms with Gasteiger partial charge in [-0.15, -0.1) is 10.2 Å². The third kappa shape index (κ3) is 1.65. The van der Waals surface area contributed by atoms with Crippen LogP contribution < -0.4 is 5.32 Å². The Morgan fingerprint density at radius 1 is 1.64 bits per heavy atom. The van der Waals surface area contributed by atoms with Gasteiger partial charge >= 0.3 is 0 Å². The first kappa shape index (κ1) is 9.61. The molecule has 0 aliphatic carbocycles. The lowest BCUT2D eigenvalue weighted by Gasteiger charge is -2.14. The molecule has 5 nitrogen and oxygen atoms in total. The molecule has 1 aliphatic rings. The Kier molecular flexibility index (Phi) is 2.52. The lowest BCUT2D eigenvalue weighted by molar-refractivity contribution is 0.192. The number of nitrogens with zero attached hydrogens (tertiary/aromatic N) is 3. The van der Waals surface area contributed by atoms with E-state index in [0.717, 1.165) is 12.2 Å². The van der Waals surface area contributed by atoms with E-state index >= 15 is 0 Å². The number of nitrogens with one attached hydrogen (secondary N) is 1. The van der Waals surface area contributed by atoms with Gasteiger partial charge in [0.15, 0.2) is 0 Å². The van der Waals surface area contributed by atoms with Gasteiger partial charge in [0.25, 0.3) is 0 Å². The molecule has 0 amide bonds. The summed E-state index contributed by atoms with van der Waals surface area (Å²) in [6.45, 7) is 4.84. The van der Waals surface area contributed by atoms with Gasteiger partial charge in [0, 0.05) is 12.6 Å². The van der Waals surface area contributed by atoms with Crippen molar-refractivity contribution in [3.05, 3.63) is 12.2 Å². The summed E-state index contributed by atoms with van der Waals surface area (Å²) in [6.07, 6.45) is 2.22. The Bertz CT molecular complexity index is 310. The maximum Gasteiger partial charge on any atom is 0.150 e. The van der Waals surface area contributed by atoms with E-state index in [-0.39, 0.29) is 12.1 Å². The maximum atomic E-state index is 9.41. The highest BCUT2D eigenvalue weighted by Gasteiger charge is 2.27. The smallest absolute Gasteiger partial charge is 0.150 e. The number of aromatic nitrogens is 3. The van der Waals surface area contributed by atoms with Gasteiger partial charge in [-0.05, 0) is 20.3 Å². The van der Waals surface area contributed by atoms with Crippen LogP contribution in [0.3, 0.4) is 0 Å². The highest BCUT2D eigenvalue weighted by atomic mass is 16.3. The highest BCUT2D eigenvalue weighted by molar-refractivity contribution is 5.00. The van der Waals surface area contributed by atoms with Gasteiger partial charge in [0.05, 0.1) is 12.1 Å². The van der Waals surface area contributed by atoms with Gasteiger partial charge in [0.2, 0.25) is 0 Å². The van der Waals surface area contributed by atoms with Crippen LogP contribution in [0, 0.1) is 0 Å². The first-order valence-corrected chi connectivity index (χ1v) is 4.99. The van der Waals surface area contributed by atoms with Crippen molar-refractivity contribution in [3.63, 3.8) is 0 Å². The van der Waals surface area contributed by atoms with Crippen LogP contribution in [0.4, 0.5) is 0 Å². The van der Waals surface area contributed by atoms with Crippen LogP contribution >= 0.6 is 0 Å². The van der Waals surface area contributed by atoms with Crippen molar-refractivity contribution in [2.24, 2.45) is 0 Å². The molecule has 2 heterocycles. The van der Waals surface area contributed by atoms with Crippen molar-refractivity contribution in [2.75, 3.05) is 6.54 Å². The summed E-state index contributed by atoms with van der Waals surface area (Å²) in [6, 6.07) is 0.509. The largest absolute Gasteiger partial charge is 0.392 e. The molecule has 0 spiro atoms. The average Bonchev–Trinajstić information content (AvgIpc) is 2.70. The molecule has 1 fully saturated rings. The van der Waals surface area contributed by atoms with E-state index < -0.39 is 0 Å². The van der Waals surface area contributed by atoms with Crippen molar-refractivity contribution >= 4 is 0 Å². The number of rotatable bonds is 2. The van der Waals surface area contributed by atoms with E-state index in [0.29, 0.717) is 12.6 Å². The predicted octanol–water partition coefficient (Wildman–Crippen LogP) is 0.254. The molecular formula is C9H16N4O. The molecule has 2 atom stereocenters. The molecule has 0 radical (unpaired) electrons. The molecule has 2 N–H and O–H groups in total. The van der Waals surface area contributed by atoms with Crippen molar-refractivity contribution in [3.8, 4) is 0 Å². The van der Waals surface area contributed by atoms with Gasteiger partial charge in [0.1, 0.15) is 12.2 Å². The second-order valence-corrected chi connectivity index (χ2v) is 4.04. The van der Waals surface area contributed by atoms with Crippen molar-refractivity contribution in [1.82, 2.24) is 20.1 Å². The molecule has 0 bridgehead atoms. The molecule has 0 saturated carbocycles. The maximum absolute atomic E-state index is 9.41. The topological polar surface area (TPSA) is 63.0 Å². The Hall–Kier alpha value is -0.940. The predicted molar refractivity (Wildman–Crippen MR) is 51.8 cm³/mol. The Labute approximate surface area is 83.2 Å². The van der Waals surface area contributed by atoms with E-state index in [1.807, 2.05) is 4.57 Å². The number of aliphatic hydroxyl groups excluding tert-OH is 1. The number of hydrogen-bond donors (Lipinski definition) is 2. The molecular weight excluding hydrogens is 180 g/mol. The quantitative estimate of drug-likeness (QED) is 0.712. The van der Waals surface area contributed by atoms with Gasteiger partial charge in [-0.25, -0.2) is 0 Å². The number of aliphatic hydroxyl groups is 1. The number of β-amino-alcohol motifs (C(OH)–C–C–N with tert-alkyl or cyclic N) is 1. The monoisotopic (exact) mass is 196 g/mol. The summed E-state index contributed by atoms with van der Waals surface area (Å²) in [5.41, 5.74) is 0. The Balaban J connectivity index is 2.19. The van der Waals surface area contributed by atoms with Gasteiger partial charge in [-0.2, -0.15) is 0 Å². The lowest BCUT2D eigenvalue weighted by Crippen LogP contribution is -2.19. The average molecular weight is 196 g/mol. The van der Waals surface area contributed by atoms with Gasteiger partial charge in [-0.1, -0.05) is 0 Å². The zero-order valence-electron chi connectivity index (χ0n) is 8.51. The zero-order chi connectivity index (χ0) is 10.1. The summed E-state index contributed by atoms with van der Waals surface area (Å²) in [4.78, 5) is 0. The summed E-state index contributed by atoms with van der Waals surface area (Å²) in [5.74, 6) is 0.927. The van der Waals surface area contributed by atoms with Crippen LogP contribution in [0.25, 0.3) is 0 Å². The van der Waals surface area contributed by atoms with Crippen LogP contribution in [0.15, 0.2) is 6.33 Å². The van der Waals surface area contributed by atoms with Crippen LogP contribution in [0.2, 0.25) is 0 Å². The summed E-state index contributed by atoms with van der Waals surface area (Å²) >= 11 is 0. The molecule has 1 aromatic heterocycles. The normalized spacial score (nSPS) is 27.4. The minimum absolute atomic E-state index is 0.148. The third-order valence-electron chi connectivity index (χ3n) is 2.58. The number of hydrogen-bond acceptors (Lipinski definition) is 4. The molecule has 0 aromatic carbocycles. The molecule has 1 aromatic rings. The molecule has 5 heteroatoms. The van der Waals surface area contributed by atoms with Crippen molar-refractivity contribution in [2.45, 2.75) is 38.5 Å². The van der Waals surface area contributed by atoms with Crippen LogP contribution in [-0.4, -0.2) is 32.5 Å². The Morgan fingerprint density at radius 2 is 2.43 bits per heavy atom. The second kappa shape index (κ2) is 3.67. The fourth-order valence-corrected chi connectivity index (χ4v) is 1.81. The molecule has 78 valence electrons. The molecule has 1 saturated heterocycles. The standard InChI is InChI=1S/C9H16N4O/c1-6(2)13-5-11-12-9(13)8-3-7(14)4-10-8/h5-8,10,14H,3-4H2,1-2H3. The summed E-state index contributed by atoms with van der Waals surface area (Å²) < 4.78 is 2.04. The fourth-order valence-electron chi connectivity index (χ4n) is 1.81. The van der Waals surface area contributed by atoms with Crippen LogP contribution in [-0.2, 0) is 0 Å². The van der Waals surface area contributed by atoms with E-state index in [2.05, 4.69) is 29.4 Å².